The summed E-state index contributed by atoms with van der Waals surface area (Å²) >= 11 is 5.53. The van der Waals surface area contributed by atoms with Crippen LogP contribution in [0.2, 0.25) is 0 Å². The van der Waals surface area contributed by atoms with Crippen molar-refractivity contribution in [3.8, 4) is 5.75 Å². The van der Waals surface area contributed by atoms with Gasteiger partial charge in [-0.25, -0.2) is 9.97 Å². The maximum absolute atomic E-state index is 5.53. The minimum absolute atomic E-state index is 0.667. The molecule has 0 radical (unpaired) electrons. The summed E-state index contributed by atoms with van der Waals surface area (Å²) in [4.78, 5) is 12.9. The van der Waals surface area contributed by atoms with Crippen LogP contribution in [-0.2, 0) is 0 Å². The Labute approximate surface area is 147 Å². The molecule has 0 unspecified atom stereocenters. The molecule has 0 amide bonds. The third-order valence-electron chi connectivity index (χ3n) is 3.82. The maximum atomic E-state index is 5.53. The molecule has 0 spiro atoms. The van der Waals surface area contributed by atoms with Crippen LogP contribution in [0.3, 0.4) is 0 Å². The second-order valence-corrected chi connectivity index (χ2v) is 5.80. The van der Waals surface area contributed by atoms with Crippen molar-refractivity contribution in [3.63, 3.8) is 0 Å². The van der Waals surface area contributed by atoms with Gasteiger partial charge >= 0.3 is 0 Å². The first-order valence-corrected chi connectivity index (χ1v) is 8.48. The lowest BCUT2D eigenvalue weighted by molar-refractivity contribution is 0.340. The summed E-state index contributed by atoms with van der Waals surface area (Å²) in [7, 11) is 0. The molecule has 24 heavy (non-hydrogen) atoms. The molecule has 7 heteroatoms. The zero-order valence-electron chi connectivity index (χ0n) is 13.7. The van der Waals surface area contributed by atoms with E-state index in [1.54, 1.807) is 12.4 Å². The van der Waals surface area contributed by atoms with Gasteiger partial charge in [-0.3, -0.25) is 0 Å². The summed E-state index contributed by atoms with van der Waals surface area (Å²) in [6.07, 6.45) is 3.54. The highest BCUT2D eigenvalue weighted by Crippen LogP contribution is 2.17. The van der Waals surface area contributed by atoms with Crippen LogP contribution >= 0.6 is 12.2 Å². The highest BCUT2D eigenvalue weighted by molar-refractivity contribution is 7.80. The van der Waals surface area contributed by atoms with Gasteiger partial charge in [0.15, 0.2) is 5.11 Å². The molecule has 1 aliphatic heterocycles. The third-order valence-corrected chi connectivity index (χ3v) is 4.18. The van der Waals surface area contributed by atoms with E-state index in [0.717, 1.165) is 48.7 Å². The van der Waals surface area contributed by atoms with Crippen molar-refractivity contribution in [2.75, 3.05) is 43.0 Å². The van der Waals surface area contributed by atoms with E-state index in [1.165, 1.54) is 0 Å². The van der Waals surface area contributed by atoms with Gasteiger partial charge in [-0.05, 0) is 49.5 Å². The number of hydrogen-bond donors (Lipinski definition) is 1. The number of aromatic nitrogens is 2. The minimum Gasteiger partial charge on any atom is -0.494 e. The molecule has 1 aliphatic rings. The molecule has 1 fully saturated rings. The number of nitrogens with one attached hydrogen (secondary N) is 1. The van der Waals surface area contributed by atoms with Crippen molar-refractivity contribution in [1.29, 1.82) is 0 Å². The van der Waals surface area contributed by atoms with Crippen LogP contribution in [0.15, 0.2) is 42.7 Å². The van der Waals surface area contributed by atoms with E-state index < -0.39 is 0 Å². The van der Waals surface area contributed by atoms with Gasteiger partial charge in [0.05, 0.1) is 6.61 Å². The fourth-order valence-electron chi connectivity index (χ4n) is 2.57. The second kappa shape index (κ2) is 7.92. The van der Waals surface area contributed by atoms with Gasteiger partial charge in [-0.2, -0.15) is 0 Å². The quantitative estimate of drug-likeness (QED) is 0.856. The van der Waals surface area contributed by atoms with E-state index in [-0.39, 0.29) is 0 Å². The van der Waals surface area contributed by atoms with E-state index >= 15 is 0 Å². The van der Waals surface area contributed by atoms with E-state index in [4.69, 9.17) is 17.0 Å². The molecule has 6 nitrogen and oxygen atoms in total. The molecule has 0 saturated carbocycles. The molecule has 2 aromatic rings. The molecular formula is C17H21N5OS. The van der Waals surface area contributed by atoms with Crippen molar-refractivity contribution >= 4 is 29.0 Å². The summed E-state index contributed by atoms with van der Waals surface area (Å²) in [5.74, 6) is 1.65. The first kappa shape index (κ1) is 16.4. The van der Waals surface area contributed by atoms with E-state index in [2.05, 4.69) is 25.1 Å². The summed E-state index contributed by atoms with van der Waals surface area (Å²) in [5, 5.41) is 4.03. The lowest BCUT2D eigenvalue weighted by Gasteiger charge is -2.36. The Bertz CT molecular complexity index is 656. The van der Waals surface area contributed by atoms with Gasteiger partial charge in [-0.15, -0.1) is 0 Å². The Balaban J connectivity index is 1.51. The molecule has 1 N–H and O–H groups in total. The summed E-state index contributed by atoms with van der Waals surface area (Å²) in [6.45, 7) is 6.05. The van der Waals surface area contributed by atoms with Crippen LogP contribution in [0, 0.1) is 0 Å². The van der Waals surface area contributed by atoms with Crippen molar-refractivity contribution in [2.45, 2.75) is 6.92 Å². The summed E-state index contributed by atoms with van der Waals surface area (Å²) in [6, 6.07) is 9.67. The van der Waals surface area contributed by atoms with Crippen LogP contribution in [0.1, 0.15) is 6.92 Å². The molecule has 1 aromatic heterocycles. The largest absolute Gasteiger partial charge is 0.494 e. The first-order valence-electron chi connectivity index (χ1n) is 8.07. The monoisotopic (exact) mass is 343 g/mol. The molecule has 3 rings (SSSR count). The SMILES string of the molecule is CCOc1ccc(NC(=S)N2CCN(c3ncccn3)CC2)cc1. The summed E-state index contributed by atoms with van der Waals surface area (Å²) < 4.78 is 5.45. The predicted octanol–water partition coefficient (Wildman–Crippen LogP) is 2.39. The Morgan fingerprint density at radius 2 is 1.79 bits per heavy atom. The molecule has 1 saturated heterocycles. The van der Waals surface area contributed by atoms with Gasteiger partial charge in [-0.1, -0.05) is 0 Å². The van der Waals surface area contributed by atoms with Gasteiger partial charge in [0.1, 0.15) is 5.75 Å². The fraction of sp³-hybridized carbons (Fsp3) is 0.353. The lowest BCUT2D eigenvalue weighted by Crippen LogP contribution is -2.50. The highest BCUT2D eigenvalue weighted by atomic mass is 32.1. The van der Waals surface area contributed by atoms with Crippen LogP contribution < -0.4 is 15.0 Å². The maximum Gasteiger partial charge on any atom is 0.225 e. The molecule has 0 bridgehead atoms. The number of ether oxygens (including phenoxy) is 1. The van der Waals surface area contributed by atoms with E-state index in [1.807, 2.05) is 37.3 Å². The van der Waals surface area contributed by atoms with Gasteiger partial charge < -0.3 is 19.9 Å². The van der Waals surface area contributed by atoms with Crippen molar-refractivity contribution < 1.29 is 4.74 Å². The number of rotatable bonds is 4. The van der Waals surface area contributed by atoms with Crippen molar-refractivity contribution in [1.82, 2.24) is 14.9 Å². The van der Waals surface area contributed by atoms with Crippen molar-refractivity contribution in [2.24, 2.45) is 0 Å². The smallest absolute Gasteiger partial charge is 0.225 e. The average molecular weight is 343 g/mol. The normalized spacial score (nSPS) is 14.4. The number of hydrogen-bond acceptors (Lipinski definition) is 5. The Hall–Kier alpha value is -2.41. The molecule has 1 aromatic carbocycles. The first-order chi connectivity index (χ1) is 11.8. The molecule has 126 valence electrons. The average Bonchev–Trinajstić information content (AvgIpc) is 2.64. The van der Waals surface area contributed by atoms with Gasteiger partial charge in [0.2, 0.25) is 5.95 Å². The molecule has 0 aliphatic carbocycles. The molecule has 0 atom stereocenters. The Kier molecular flexibility index (Phi) is 5.43. The van der Waals surface area contributed by atoms with Crippen LogP contribution in [0.25, 0.3) is 0 Å². The Morgan fingerprint density at radius 1 is 1.12 bits per heavy atom. The number of piperazine rings is 1. The predicted molar refractivity (Wildman–Crippen MR) is 99.6 cm³/mol. The topological polar surface area (TPSA) is 53.5 Å². The Morgan fingerprint density at radius 3 is 2.42 bits per heavy atom. The van der Waals surface area contributed by atoms with Crippen LogP contribution in [0.4, 0.5) is 11.6 Å². The zero-order valence-corrected chi connectivity index (χ0v) is 14.5. The van der Waals surface area contributed by atoms with E-state index in [9.17, 15) is 0 Å². The number of nitrogens with zero attached hydrogens (tertiary/aromatic N) is 4. The fourth-order valence-corrected chi connectivity index (χ4v) is 2.87. The number of thiocarbonyl (C=S) groups is 1. The lowest BCUT2D eigenvalue weighted by atomic mass is 10.3. The van der Waals surface area contributed by atoms with Crippen LogP contribution in [0.5, 0.6) is 5.75 Å². The number of anilines is 2. The zero-order chi connectivity index (χ0) is 16.8. The third kappa shape index (κ3) is 4.11. The second-order valence-electron chi connectivity index (χ2n) is 5.41. The molecule has 2 heterocycles. The minimum atomic E-state index is 0.667. The molecular weight excluding hydrogens is 322 g/mol. The van der Waals surface area contributed by atoms with E-state index in [0.29, 0.717) is 6.61 Å². The standard InChI is InChI=1S/C17H21N5OS/c1-2-23-15-6-4-14(5-7-15)20-17(24)22-12-10-21(11-13-22)16-18-8-3-9-19-16/h3-9H,2,10-13H2,1H3,(H,20,24). The van der Waals surface area contributed by atoms with Crippen molar-refractivity contribution in [3.05, 3.63) is 42.7 Å². The number of benzene rings is 1. The highest BCUT2D eigenvalue weighted by Gasteiger charge is 2.20. The van der Waals surface area contributed by atoms with Gasteiger partial charge in [0.25, 0.3) is 0 Å². The van der Waals surface area contributed by atoms with Gasteiger partial charge in [0, 0.05) is 44.3 Å². The van der Waals surface area contributed by atoms with Crippen LogP contribution in [-0.4, -0.2) is 52.8 Å². The summed E-state index contributed by atoms with van der Waals surface area (Å²) in [5.41, 5.74) is 0.970.